The molecule has 1 N–H and O–H groups in total. The van der Waals surface area contributed by atoms with E-state index in [-0.39, 0.29) is 5.75 Å². The molecule has 0 spiro atoms. The molecule has 12 heavy (non-hydrogen) atoms. The highest BCUT2D eigenvalue weighted by Gasteiger charge is 2.00. The Kier molecular flexibility index (Phi) is 1.55. The first-order chi connectivity index (χ1) is 5.88. The lowest BCUT2D eigenvalue weighted by Crippen LogP contribution is -1.92. The molecule has 60 valence electrons. The second-order valence-electron chi connectivity index (χ2n) is 2.44. The van der Waals surface area contributed by atoms with Crippen LogP contribution in [0.1, 0.15) is 0 Å². The average molecular weight is 160 g/mol. The first-order valence-electron chi connectivity index (χ1n) is 3.65. The lowest BCUT2D eigenvalue weighted by atomic mass is 10.4. The van der Waals surface area contributed by atoms with E-state index in [2.05, 4.69) is 4.98 Å². The van der Waals surface area contributed by atoms with Crippen LogP contribution in [0, 0.1) is 0 Å². The number of hydrogen-bond donors (Lipinski definition) is 1. The Morgan fingerprint density at radius 3 is 2.58 bits per heavy atom. The molecule has 0 aliphatic carbocycles. The molecule has 0 bridgehead atoms. The maximum Gasteiger partial charge on any atom is 0.179 e. The van der Waals surface area contributed by atoms with Crippen molar-refractivity contribution in [2.75, 3.05) is 0 Å². The van der Waals surface area contributed by atoms with Gasteiger partial charge in [-0.25, -0.2) is 4.98 Å². The van der Waals surface area contributed by atoms with E-state index in [4.69, 9.17) is 0 Å². The Morgan fingerprint density at radius 1 is 1.17 bits per heavy atom. The first-order valence-corrected chi connectivity index (χ1v) is 3.65. The predicted octanol–water partition coefficient (Wildman–Crippen LogP) is 1.58. The van der Waals surface area contributed by atoms with Crippen LogP contribution in [0.25, 0.3) is 5.82 Å². The van der Waals surface area contributed by atoms with Crippen LogP contribution in [0.3, 0.4) is 0 Å². The molecule has 0 unspecified atom stereocenters. The van der Waals surface area contributed by atoms with Gasteiger partial charge >= 0.3 is 0 Å². The molecule has 2 aromatic rings. The summed E-state index contributed by atoms with van der Waals surface area (Å²) in [4.78, 5) is 4.03. The highest BCUT2D eigenvalue weighted by atomic mass is 16.3. The summed E-state index contributed by atoms with van der Waals surface area (Å²) in [6, 6.07) is 7.08. The zero-order valence-corrected chi connectivity index (χ0v) is 6.38. The van der Waals surface area contributed by atoms with Gasteiger partial charge in [0.05, 0.1) is 0 Å². The number of hydrogen-bond acceptors (Lipinski definition) is 2. The zero-order chi connectivity index (χ0) is 8.39. The molecule has 2 aromatic heterocycles. The maximum absolute atomic E-state index is 9.40. The third kappa shape index (κ3) is 1.05. The second-order valence-corrected chi connectivity index (χ2v) is 2.44. The van der Waals surface area contributed by atoms with E-state index in [0.717, 1.165) is 0 Å². The lowest BCUT2D eigenvalue weighted by molar-refractivity contribution is 0.469. The molecule has 0 aromatic carbocycles. The van der Waals surface area contributed by atoms with E-state index in [9.17, 15) is 5.11 Å². The number of pyridine rings is 1. The maximum atomic E-state index is 9.40. The van der Waals surface area contributed by atoms with Crippen molar-refractivity contribution in [2.24, 2.45) is 0 Å². The van der Waals surface area contributed by atoms with Gasteiger partial charge < -0.3 is 9.67 Å². The average Bonchev–Trinajstić information content (AvgIpc) is 2.57. The molecule has 2 rings (SSSR count). The summed E-state index contributed by atoms with van der Waals surface area (Å²) in [5.41, 5.74) is 0. The van der Waals surface area contributed by atoms with Gasteiger partial charge in [0.2, 0.25) is 0 Å². The number of aromatic hydroxyl groups is 1. The molecular weight excluding hydrogens is 152 g/mol. The summed E-state index contributed by atoms with van der Waals surface area (Å²) >= 11 is 0. The number of rotatable bonds is 1. The van der Waals surface area contributed by atoms with Crippen LogP contribution in [-0.2, 0) is 0 Å². The largest absolute Gasteiger partial charge is 0.504 e. The molecule has 0 fully saturated rings. The van der Waals surface area contributed by atoms with Crippen molar-refractivity contribution in [3.63, 3.8) is 0 Å². The minimum Gasteiger partial charge on any atom is -0.504 e. The van der Waals surface area contributed by atoms with E-state index in [1.165, 1.54) is 0 Å². The van der Waals surface area contributed by atoms with Crippen LogP contribution in [0.2, 0.25) is 0 Å². The summed E-state index contributed by atoms with van der Waals surface area (Å²) < 4.78 is 1.76. The lowest BCUT2D eigenvalue weighted by Gasteiger charge is -2.02. The molecule has 0 aliphatic heterocycles. The van der Waals surface area contributed by atoms with Crippen molar-refractivity contribution in [1.29, 1.82) is 0 Å². The predicted molar refractivity (Wildman–Crippen MR) is 45.2 cm³/mol. The summed E-state index contributed by atoms with van der Waals surface area (Å²) in [5.74, 6) is 0.746. The second kappa shape index (κ2) is 2.70. The first kappa shape index (κ1) is 6.91. The van der Waals surface area contributed by atoms with Crippen molar-refractivity contribution in [1.82, 2.24) is 9.55 Å². The van der Waals surface area contributed by atoms with Crippen molar-refractivity contribution in [2.45, 2.75) is 0 Å². The summed E-state index contributed by atoms with van der Waals surface area (Å²) in [7, 11) is 0. The molecule has 0 amide bonds. The van der Waals surface area contributed by atoms with Gasteiger partial charge in [0.25, 0.3) is 0 Å². The molecule has 0 radical (unpaired) electrons. The SMILES string of the molecule is Oc1cccnc1-n1cccc1. The Hall–Kier alpha value is -1.77. The van der Waals surface area contributed by atoms with Gasteiger partial charge in [0, 0.05) is 18.6 Å². The number of aromatic nitrogens is 2. The zero-order valence-electron chi connectivity index (χ0n) is 6.38. The molecule has 0 aliphatic rings. The van der Waals surface area contributed by atoms with Crippen LogP contribution in [0.15, 0.2) is 42.9 Å². The van der Waals surface area contributed by atoms with Crippen molar-refractivity contribution < 1.29 is 5.11 Å². The molecule has 3 heteroatoms. The topological polar surface area (TPSA) is 38.1 Å². The van der Waals surface area contributed by atoms with E-state index >= 15 is 0 Å². The van der Waals surface area contributed by atoms with Gasteiger partial charge in [-0.3, -0.25) is 0 Å². The Balaban J connectivity index is 2.55. The van der Waals surface area contributed by atoms with E-state index in [1.807, 2.05) is 24.5 Å². The molecule has 0 saturated heterocycles. The fraction of sp³-hybridized carbons (Fsp3) is 0. The van der Waals surface area contributed by atoms with Crippen LogP contribution < -0.4 is 0 Å². The molecule has 0 atom stereocenters. The van der Waals surface area contributed by atoms with Gasteiger partial charge in [0.1, 0.15) is 0 Å². The fourth-order valence-electron chi connectivity index (χ4n) is 1.06. The summed E-state index contributed by atoms with van der Waals surface area (Å²) in [6.07, 6.45) is 5.32. The van der Waals surface area contributed by atoms with Crippen LogP contribution in [0.4, 0.5) is 0 Å². The normalized spacial score (nSPS) is 10.0. The van der Waals surface area contributed by atoms with Crippen LogP contribution in [0.5, 0.6) is 5.75 Å². The Bertz CT molecular complexity index is 368. The van der Waals surface area contributed by atoms with Gasteiger partial charge in [-0.1, -0.05) is 0 Å². The Labute approximate surface area is 69.9 Å². The van der Waals surface area contributed by atoms with E-state index in [1.54, 1.807) is 22.9 Å². The highest BCUT2D eigenvalue weighted by molar-refractivity contribution is 5.38. The van der Waals surface area contributed by atoms with Gasteiger partial charge in [-0.15, -0.1) is 0 Å². The van der Waals surface area contributed by atoms with E-state index < -0.39 is 0 Å². The fourth-order valence-corrected chi connectivity index (χ4v) is 1.06. The van der Waals surface area contributed by atoms with E-state index in [0.29, 0.717) is 5.82 Å². The van der Waals surface area contributed by atoms with Gasteiger partial charge in [0.15, 0.2) is 11.6 Å². The third-order valence-electron chi connectivity index (χ3n) is 1.62. The van der Waals surface area contributed by atoms with Crippen molar-refractivity contribution >= 4 is 0 Å². The van der Waals surface area contributed by atoms with Crippen molar-refractivity contribution in [3.8, 4) is 11.6 Å². The smallest absolute Gasteiger partial charge is 0.179 e. The molecule has 2 heterocycles. The molecular formula is C9H8N2O. The Morgan fingerprint density at radius 2 is 1.92 bits per heavy atom. The monoisotopic (exact) mass is 160 g/mol. The summed E-state index contributed by atoms with van der Waals surface area (Å²) in [6.45, 7) is 0. The molecule has 0 saturated carbocycles. The van der Waals surface area contributed by atoms with Gasteiger partial charge in [-0.2, -0.15) is 0 Å². The van der Waals surface area contributed by atoms with Crippen molar-refractivity contribution in [3.05, 3.63) is 42.9 Å². The van der Waals surface area contributed by atoms with Crippen LogP contribution >= 0.6 is 0 Å². The minimum absolute atomic E-state index is 0.189. The van der Waals surface area contributed by atoms with Crippen LogP contribution in [-0.4, -0.2) is 14.7 Å². The van der Waals surface area contributed by atoms with Gasteiger partial charge in [-0.05, 0) is 24.3 Å². The quantitative estimate of drug-likeness (QED) is 0.687. The number of nitrogens with zero attached hydrogens (tertiary/aromatic N) is 2. The molecule has 3 nitrogen and oxygen atoms in total. The highest BCUT2D eigenvalue weighted by Crippen LogP contribution is 2.16. The minimum atomic E-state index is 0.189. The standard InChI is InChI=1S/C9H8N2O/c12-8-4-3-5-10-9(8)11-6-1-2-7-11/h1-7,12H. The third-order valence-corrected chi connectivity index (χ3v) is 1.62. The summed E-state index contributed by atoms with van der Waals surface area (Å²) in [5, 5.41) is 9.40.